The molecule has 0 aliphatic carbocycles. The van der Waals surface area contributed by atoms with Gasteiger partial charge in [0.1, 0.15) is 5.75 Å². The van der Waals surface area contributed by atoms with E-state index in [-0.39, 0.29) is 5.91 Å². The molecule has 1 aliphatic heterocycles. The molecule has 1 amide bonds. The number of nitrogens with one attached hydrogen (secondary N) is 1. The predicted octanol–water partition coefficient (Wildman–Crippen LogP) is 2.62. The van der Waals surface area contributed by atoms with Gasteiger partial charge in [0, 0.05) is 12.0 Å². The fourth-order valence-electron chi connectivity index (χ4n) is 2.22. The lowest BCUT2D eigenvalue weighted by Gasteiger charge is -2.08. The minimum absolute atomic E-state index is 0.310. The first kappa shape index (κ1) is 15.9. The van der Waals surface area contributed by atoms with Gasteiger partial charge in [-0.25, -0.2) is 5.43 Å². The molecule has 0 radical (unpaired) electrons. The molecule has 0 spiro atoms. The number of hydrazone groups is 1. The molecule has 6 heteroatoms. The van der Waals surface area contributed by atoms with E-state index in [4.69, 9.17) is 14.2 Å². The molecule has 3 rings (SSSR count). The Bertz CT molecular complexity index is 741. The SMILES string of the molecule is COc1ccc(/C=N/NC(=O)c2ccc3c(c2)OCCCO3)cc1. The van der Waals surface area contributed by atoms with Crippen LogP contribution in [0.3, 0.4) is 0 Å². The second kappa shape index (κ2) is 7.50. The molecule has 0 aromatic heterocycles. The Labute approximate surface area is 140 Å². The fourth-order valence-corrected chi connectivity index (χ4v) is 2.22. The molecule has 24 heavy (non-hydrogen) atoms. The van der Waals surface area contributed by atoms with Gasteiger partial charge in [-0.2, -0.15) is 5.10 Å². The van der Waals surface area contributed by atoms with Gasteiger partial charge >= 0.3 is 0 Å². The van der Waals surface area contributed by atoms with Crippen LogP contribution in [0.25, 0.3) is 0 Å². The third-order valence-electron chi connectivity index (χ3n) is 3.51. The maximum atomic E-state index is 12.2. The van der Waals surface area contributed by atoms with Gasteiger partial charge in [0.25, 0.3) is 5.91 Å². The summed E-state index contributed by atoms with van der Waals surface area (Å²) in [5, 5.41) is 3.97. The maximum Gasteiger partial charge on any atom is 0.271 e. The van der Waals surface area contributed by atoms with Gasteiger partial charge in [-0.15, -0.1) is 0 Å². The third kappa shape index (κ3) is 3.84. The van der Waals surface area contributed by atoms with Crippen molar-refractivity contribution < 1.29 is 19.0 Å². The molecule has 1 N–H and O–H groups in total. The number of benzene rings is 2. The number of ether oxygens (including phenoxy) is 3. The summed E-state index contributed by atoms with van der Waals surface area (Å²) in [7, 11) is 1.61. The van der Waals surface area contributed by atoms with Gasteiger partial charge in [-0.1, -0.05) is 0 Å². The molecule has 6 nitrogen and oxygen atoms in total. The first-order chi connectivity index (χ1) is 11.8. The van der Waals surface area contributed by atoms with Crippen LogP contribution < -0.4 is 19.6 Å². The molecule has 0 atom stereocenters. The zero-order valence-corrected chi connectivity index (χ0v) is 13.3. The van der Waals surface area contributed by atoms with Crippen LogP contribution in [-0.2, 0) is 0 Å². The standard InChI is InChI=1S/C18H18N2O4/c1-22-15-6-3-13(4-7-15)12-19-20-18(21)14-5-8-16-17(11-14)24-10-2-9-23-16/h3-8,11-12H,2,9-10H2,1H3,(H,20,21)/b19-12+. The largest absolute Gasteiger partial charge is 0.497 e. The lowest BCUT2D eigenvalue weighted by molar-refractivity contribution is 0.0954. The summed E-state index contributed by atoms with van der Waals surface area (Å²) in [6, 6.07) is 12.4. The Morgan fingerprint density at radius 1 is 1.12 bits per heavy atom. The molecule has 0 unspecified atom stereocenters. The molecular formula is C18H18N2O4. The number of carbonyl (C=O) groups is 1. The van der Waals surface area contributed by atoms with Gasteiger partial charge in [0.15, 0.2) is 11.5 Å². The summed E-state index contributed by atoms with van der Waals surface area (Å²) in [5.74, 6) is 1.70. The van der Waals surface area contributed by atoms with Gasteiger partial charge in [0.05, 0.1) is 26.5 Å². The lowest BCUT2D eigenvalue weighted by Crippen LogP contribution is -2.17. The quantitative estimate of drug-likeness (QED) is 0.693. The molecule has 1 heterocycles. The van der Waals surface area contributed by atoms with E-state index in [1.165, 1.54) is 0 Å². The summed E-state index contributed by atoms with van der Waals surface area (Å²) in [4.78, 5) is 12.2. The van der Waals surface area contributed by atoms with Crippen molar-refractivity contribution in [1.29, 1.82) is 0 Å². The highest BCUT2D eigenvalue weighted by Crippen LogP contribution is 2.30. The molecular weight excluding hydrogens is 308 g/mol. The van der Waals surface area contributed by atoms with Crippen molar-refractivity contribution in [1.82, 2.24) is 5.43 Å². The van der Waals surface area contributed by atoms with Crippen molar-refractivity contribution in [3.05, 3.63) is 53.6 Å². The van der Waals surface area contributed by atoms with E-state index >= 15 is 0 Å². The van der Waals surface area contributed by atoms with Gasteiger partial charge in [-0.3, -0.25) is 4.79 Å². The van der Waals surface area contributed by atoms with E-state index in [1.54, 1.807) is 31.5 Å². The van der Waals surface area contributed by atoms with Crippen molar-refractivity contribution in [3.8, 4) is 17.2 Å². The number of hydrogen-bond donors (Lipinski definition) is 1. The zero-order valence-electron chi connectivity index (χ0n) is 13.3. The lowest BCUT2D eigenvalue weighted by atomic mass is 10.2. The number of fused-ring (bicyclic) bond motifs is 1. The van der Waals surface area contributed by atoms with E-state index in [1.807, 2.05) is 24.3 Å². The molecule has 0 fully saturated rings. The number of carbonyl (C=O) groups excluding carboxylic acids is 1. The first-order valence-electron chi connectivity index (χ1n) is 7.63. The van der Waals surface area contributed by atoms with Crippen LogP contribution in [0.1, 0.15) is 22.3 Å². The molecule has 2 aromatic carbocycles. The van der Waals surface area contributed by atoms with Gasteiger partial charge < -0.3 is 14.2 Å². The fraction of sp³-hybridized carbons (Fsp3) is 0.222. The Morgan fingerprint density at radius 3 is 2.62 bits per heavy atom. The Hall–Kier alpha value is -3.02. The molecule has 0 saturated carbocycles. The highest BCUT2D eigenvalue weighted by Gasteiger charge is 2.13. The Kier molecular flexibility index (Phi) is 4.96. The maximum absolute atomic E-state index is 12.2. The summed E-state index contributed by atoms with van der Waals surface area (Å²) in [5.41, 5.74) is 3.82. The van der Waals surface area contributed by atoms with Crippen molar-refractivity contribution in [2.75, 3.05) is 20.3 Å². The minimum atomic E-state index is -0.310. The van der Waals surface area contributed by atoms with E-state index in [0.717, 1.165) is 17.7 Å². The van der Waals surface area contributed by atoms with E-state index < -0.39 is 0 Å². The third-order valence-corrected chi connectivity index (χ3v) is 3.51. The Balaban J connectivity index is 1.64. The predicted molar refractivity (Wildman–Crippen MR) is 90.1 cm³/mol. The van der Waals surface area contributed by atoms with Gasteiger partial charge in [0.2, 0.25) is 0 Å². The van der Waals surface area contributed by atoms with Crippen LogP contribution in [0.2, 0.25) is 0 Å². The first-order valence-corrected chi connectivity index (χ1v) is 7.63. The van der Waals surface area contributed by atoms with E-state index in [0.29, 0.717) is 30.3 Å². The average Bonchev–Trinajstić information content (AvgIpc) is 2.87. The number of nitrogens with zero attached hydrogens (tertiary/aromatic N) is 1. The van der Waals surface area contributed by atoms with E-state index in [9.17, 15) is 4.79 Å². The highest BCUT2D eigenvalue weighted by atomic mass is 16.5. The molecule has 0 bridgehead atoms. The number of rotatable bonds is 4. The normalized spacial score (nSPS) is 13.4. The summed E-state index contributed by atoms with van der Waals surface area (Å²) in [6.07, 6.45) is 2.39. The number of hydrogen-bond acceptors (Lipinski definition) is 5. The van der Waals surface area contributed by atoms with Gasteiger partial charge in [-0.05, 0) is 48.0 Å². The van der Waals surface area contributed by atoms with Crippen molar-refractivity contribution in [2.45, 2.75) is 6.42 Å². The van der Waals surface area contributed by atoms with Crippen molar-refractivity contribution in [3.63, 3.8) is 0 Å². The van der Waals surface area contributed by atoms with Crippen LogP contribution in [0, 0.1) is 0 Å². The smallest absolute Gasteiger partial charge is 0.271 e. The van der Waals surface area contributed by atoms with Crippen molar-refractivity contribution in [2.24, 2.45) is 5.10 Å². The Morgan fingerprint density at radius 2 is 1.88 bits per heavy atom. The molecule has 1 aliphatic rings. The van der Waals surface area contributed by atoms with Crippen LogP contribution >= 0.6 is 0 Å². The summed E-state index contributed by atoms with van der Waals surface area (Å²) >= 11 is 0. The topological polar surface area (TPSA) is 69.2 Å². The molecule has 0 saturated heterocycles. The summed E-state index contributed by atoms with van der Waals surface area (Å²) in [6.45, 7) is 1.19. The van der Waals surface area contributed by atoms with Crippen LogP contribution in [0.15, 0.2) is 47.6 Å². The van der Waals surface area contributed by atoms with Crippen LogP contribution in [-0.4, -0.2) is 32.4 Å². The average molecular weight is 326 g/mol. The number of amides is 1. The zero-order chi connectivity index (χ0) is 16.8. The highest BCUT2D eigenvalue weighted by molar-refractivity contribution is 5.95. The van der Waals surface area contributed by atoms with Crippen molar-refractivity contribution >= 4 is 12.1 Å². The molecule has 124 valence electrons. The second-order valence-corrected chi connectivity index (χ2v) is 5.18. The summed E-state index contributed by atoms with van der Waals surface area (Å²) < 4.78 is 16.2. The van der Waals surface area contributed by atoms with Crippen LogP contribution in [0.4, 0.5) is 0 Å². The number of methoxy groups -OCH3 is 1. The molecule has 2 aromatic rings. The monoisotopic (exact) mass is 326 g/mol. The second-order valence-electron chi connectivity index (χ2n) is 5.18. The van der Waals surface area contributed by atoms with E-state index in [2.05, 4.69) is 10.5 Å². The minimum Gasteiger partial charge on any atom is -0.497 e. The van der Waals surface area contributed by atoms with Crippen LogP contribution in [0.5, 0.6) is 17.2 Å².